The molecule has 2 rings (SSSR count). The third-order valence-electron chi connectivity index (χ3n) is 3.04. The summed E-state index contributed by atoms with van der Waals surface area (Å²) in [6.45, 7) is 6.34. The molecular formula is C14H22N4. The van der Waals surface area contributed by atoms with Crippen molar-refractivity contribution in [3.8, 4) is 0 Å². The number of rotatable bonds is 7. The van der Waals surface area contributed by atoms with Crippen LogP contribution in [0.25, 0.3) is 5.52 Å². The highest BCUT2D eigenvalue weighted by Gasteiger charge is 2.05. The van der Waals surface area contributed by atoms with Crippen LogP contribution in [0.4, 0.5) is 0 Å². The van der Waals surface area contributed by atoms with E-state index in [1.807, 2.05) is 23.0 Å². The molecular weight excluding hydrogens is 224 g/mol. The molecule has 2 aromatic rings. The van der Waals surface area contributed by atoms with Gasteiger partial charge in [0.1, 0.15) is 0 Å². The van der Waals surface area contributed by atoms with Gasteiger partial charge >= 0.3 is 0 Å². The highest BCUT2D eigenvalue weighted by atomic mass is 15.2. The third-order valence-corrected chi connectivity index (χ3v) is 3.04. The Labute approximate surface area is 109 Å². The Balaban J connectivity index is 1.88. The minimum atomic E-state index is 0.946. The summed E-state index contributed by atoms with van der Waals surface area (Å²) in [6, 6.07) is 6.18. The second-order valence-electron chi connectivity index (χ2n) is 4.69. The summed E-state index contributed by atoms with van der Waals surface area (Å²) in [7, 11) is 2.15. The number of hydrogen-bond acceptors (Lipinski definition) is 3. The second-order valence-corrected chi connectivity index (χ2v) is 4.69. The first kappa shape index (κ1) is 13.1. The molecule has 1 N–H and O–H groups in total. The van der Waals surface area contributed by atoms with Crippen LogP contribution < -0.4 is 5.32 Å². The zero-order valence-electron chi connectivity index (χ0n) is 11.3. The first-order valence-electron chi connectivity index (χ1n) is 6.61. The number of pyridine rings is 1. The highest BCUT2D eigenvalue weighted by molar-refractivity contribution is 5.53. The van der Waals surface area contributed by atoms with Gasteiger partial charge in [0.05, 0.1) is 11.7 Å². The van der Waals surface area contributed by atoms with Crippen molar-refractivity contribution < 1.29 is 0 Å². The lowest BCUT2D eigenvalue weighted by Gasteiger charge is -2.16. The molecule has 18 heavy (non-hydrogen) atoms. The molecule has 0 atom stereocenters. The van der Waals surface area contributed by atoms with Crippen LogP contribution in [0.1, 0.15) is 18.9 Å². The summed E-state index contributed by atoms with van der Waals surface area (Å²) in [5.74, 6) is 0. The Morgan fingerprint density at radius 1 is 1.33 bits per heavy atom. The predicted molar refractivity (Wildman–Crippen MR) is 74.7 cm³/mol. The smallest absolute Gasteiger partial charge is 0.0706 e. The van der Waals surface area contributed by atoms with Crippen molar-refractivity contribution in [2.24, 2.45) is 0 Å². The summed E-state index contributed by atoms with van der Waals surface area (Å²) in [6.07, 6.45) is 5.14. The van der Waals surface area contributed by atoms with Crippen LogP contribution in [0.3, 0.4) is 0 Å². The normalized spacial score (nSPS) is 11.5. The molecule has 0 radical (unpaired) electrons. The Bertz CT molecular complexity index is 477. The van der Waals surface area contributed by atoms with Gasteiger partial charge in [-0.1, -0.05) is 13.0 Å². The van der Waals surface area contributed by atoms with Gasteiger partial charge in [-0.3, -0.25) is 0 Å². The van der Waals surface area contributed by atoms with E-state index in [2.05, 4.69) is 41.4 Å². The predicted octanol–water partition coefficient (Wildman–Crippen LogP) is 1.77. The minimum Gasteiger partial charge on any atom is -0.315 e. The van der Waals surface area contributed by atoms with Gasteiger partial charge in [0, 0.05) is 31.4 Å². The monoisotopic (exact) mass is 246 g/mol. The van der Waals surface area contributed by atoms with E-state index >= 15 is 0 Å². The summed E-state index contributed by atoms with van der Waals surface area (Å²) in [4.78, 5) is 2.33. The van der Waals surface area contributed by atoms with E-state index < -0.39 is 0 Å². The van der Waals surface area contributed by atoms with Gasteiger partial charge in [0.25, 0.3) is 0 Å². The quantitative estimate of drug-likeness (QED) is 0.756. The molecule has 0 spiro atoms. The largest absolute Gasteiger partial charge is 0.315 e. The zero-order chi connectivity index (χ0) is 12.8. The van der Waals surface area contributed by atoms with Crippen molar-refractivity contribution in [3.63, 3.8) is 0 Å². The van der Waals surface area contributed by atoms with Crippen LogP contribution >= 0.6 is 0 Å². The molecule has 2 heterocycles. The minimum absolute atomic E-state index is 0.946. The summed E-state index contributed by atoms with van der Waals surface area (Å²) < 4.78 is 1.93. The van der Waals surface area contributed by atoms with Gasteiger partial charge < -0.3 is 10.2 Å². The van der Waals surface area contributed by atoms with Crippen molar-refractivity contribution in [1.29, 1.82) is 0 Å². The molecule has 98 valence electrons. The molecule has 0 fully saturated rings. The highest BCUT2D eigenvalue weighted by Crippen LogP contribution is 2.11. The van der Waals surface area contributed by atoms with Crippen LogP contribution in [0.15, 0.2) is 30.6 Å². The summed E-state index contributed by atoms with van der Waals surface area (Å²) >= 11 is 0. The van der Waals surface area contributed by atoms with Crippen molar-refractivity contribution in [1.82, 2.24) is 19.8 Å². The molecule has 0 aliphatic rings. The van der Waals surface area contributed by atoms with Crippen molar-refractivity contribution >= 4 is 5.52 Å². The average Bonchev–Trinajstić information content (AvgIpc) is 2.78. The SMILES string of the molecule is CCCNCCN(C)Cc1cnn2ccccc12. The average molecular weight is 246 g/mol. The van der Waals surface area contributed by atoms with Crippen molar-refractivity contribution in [3.05, 3.63) is 36.2 Å². The molecule has 2 aromatic heterocycles. The second kappa shape index (κ2) is 6.52. The van der Waals surface area contributed by atoms with Gasteiger partial charge in [0.15, 0.2) is 0 Å². The molecule has 0 aromatic carbocycles. The fourth-order valence-electron chi connectivity index (χ4n) is 2.05. The van der Waals surface area contributed by atoms with Crippen LogP contribution in [-0.2, 0) is 6.54 Å². The fraction of sp³-hybridized carbons (Fsp3) is 0.500. The van der Waals surface area contributed by atoms with E-state index in [0.717, 1.165) is 26.2 Å². The summed E-state index contributed by atoms with van der Waals surface area (Å²) in [5, 5.41) is 7.78. The first-order valence-corrected chi connectivity index (χ1v) is 6.61. The van der Waals surface area contributed by atoms with E-state index in [9.17, 15) is 0 Å². The van der Waals surface area contributed by atoms with Crippen LogP contribution in [0, 0.1) is 0 Å². The van der Waals surface area contributed by atoms with E-state index in [-0.39, 0.29) is 0 Å². The van der Waals surface area contributed by atoms with Crippen LogP contribution in [-0.4, -0.2) is 41.2 Å². The number of nitrogens with one attached hydrogen (secondary N) is 1. The van der Waals surface area contributed by atoms with Gasteiger partial charge in [0.2, 0.25) is 0 Å². The fourth-order valence-corrected chi connectivity index (χ4v) is 2.05. The lowest BCUT2D eigenvalue weighted by Crippen LogP contribution is -2.29. The van der Waals surface area contributed by atoms with Gasteiger partial charge in [-0.15, -0.1) is 0 Å². The van der Waals surface area contributed by atoms with Gasteiger partial charge in [-0.2, -0.15) is 5.10 Å². The lowest BCUT2D eigenvalue weighted by atomic mass is 10.2. The molecule has 0 saturated heterocycles. The van der Waals surface area contributed by atoms with Gasteiger partial charge in [-0.25, -0.2) is 4.52 Å². The zero-order valence-corrected chi connectivity index (χ0v) is 11.3. The molecule has 0 amide bonds. The third kappa shape index (κ3) is 3.31. The first-order chi connectivity index (χ1) is 8.81. The maximum atomic E-state index is 4.36. The number of likely N-dealkylation sites (N-methyl/N-ethyl adjacent to an activating group) is 1. The molecule has 4 nitrogen and oxygen atoms in total. The van der Waals surface area contributed by atoms with Crippen molar-refractivity contribution in [2.45, 2.75) is 19.9 Å². The lowest BCUT2D eigenvalue weighted by molar-refractivity contribution is 0.325. The van der Waals surface area contributed by atoms with Crippen LogP contribution in [0.5, 0.6) is 0 Å². The maximum absolute atomic E-state index is 4.36. The molecule has 0 aliphatic heterocycles. The molecule has 0 saturated carbocycles. The molecule has 4 heteroatoms. The number of hydrogen-bond donors (Lipinski definition) is 1. The number of aromatic nitrogens is 2. The van der Waals surface area contributed by atoms with E-state index in [1.165, 1.54) is 17.5 Å². The Hall–Kier alpha value is -1.39. The Morgan fingerprint density at radius 3 is 3.06 bits per heavy atom. The Kier molecular flexibility index (Phi) is 4.73. The van der Waals surface area contributed by atoms with Crippen molar-refractivity contribution in [2.75, 3.05) is 26.7 Å². The van der Waals surface area contributed by atoms with E-state index in [0.29, 0.717) is 0 Å². The number of fused-ring (bicyclic) bond motifs is 1. The van der Waals surface area contributed by atoms with E-state index in [1.54, 1.807) is 0 Å². The standard InChI is InChI=1S/C14H22N4/c1-3-7-15-8-10-17(2)12-13-11-16-18-9-5-4-6-14(13)18/h4-6,9,11,15H,3,7-8,10,12H2,1-2H3. The van der Waals surface area contributed by atoms with E-state index in [4.69, 9.17) is 0 Å². The molecule has 0 bridgehead atoms. The number of nitrogens with zero attached hydrogens (tertiary/aromatic N) is 3. The molecule has 0 aliphatic carbocycles. The molecule has 0 unspecified atom stereocenters. The van der Waals surface area contributed by atoms with Gasteiger partial charge in [-0.05, 0) is 32.1 Å². The summed E-state index contributed by atoms with van der Waals surface area (Å²) in [5.41, 5.74) is 2.49. The topological polar surface area (TPSA) is 32.6 Å². The van der Waals surface area contributed by atoms with Crippen LogP contribution in [0.2, 0.25) is 0 Å². The Morgan fingerprint density at radius 2 is 2.22 bits per heavy atom. The maximum Gasteiger partial charge on any atom is 0.0706 e.